The first-order chi connectivity index (χ1) is 16.9. The third-order valence-corrected chi connectivity index (χ3v) is 7.00. The molecule has 1 fully saturated rings. The number of carboxylic acids is 2. The maximum Gasteiger partial charge on any atom is 0.336 e. The minimum Gasteiger partial charge on any atom is -0.479 e. The summed E-state index contributed by atoms with van der Waals surface area (Å²) in [6.07, 6.45) is 13.5. The SMILES string of the molecule is CCCCCCCCCCCCC1(CCCCCc2cccc(Cl)c2)O[C@@H](C(=O)O)[C@H](C(=O)O)O1. The van der Waals surface area contributed by atoms with Crippen molar-refractivity contribution >= 4 is 23.5 Å². The van der Waals surface area contributed by atoms with Crippen LogP contribution in [0.1, 0.15) is 109 Å². The Hall–Kier alpha value is -1.63. The first kappa shape index (κ1) is 29.6. The van der Waals surface area contributed by atoms with E-state index >= 15 is 0 Å². The molecule has 1 saturated heterocycles. The zero-order chi connectivity index (χ0) is 25.5. The Morgan fingerprint density at radius 3 is 1.77 bits per heavy atom. The highest BCUT2D eigenvalue weighted by Crippen LogP contribution is 2.38. The van der Waals surface area contributed by atoms with E-state index in [0.29, 0.717) is 12.8 Å². The Kier molecular flexibility index (Phi) is 13.7. The van der Waals surface area contributed by atoms with E-state index in [-0.39, 0.29) is 0 Å². The van der Waals surface area contributed by atoms with Crippen LogP contribution in [-0.2, 0) is 25.5 Å². The predicted octanol–water partition coefficient (Wildman–Crippen LogP) is 7.40. The smallest absolute Gasteiger partial charge is 0.336 e. The molecule has 6 nitrogen and oxygen atoms in total. The molecule has 7 heteroatoms. The second-order valence-corrected chi connectivity index (χ2v) is 10.2. The first-order valence-corrected chi connectivity index (χ1v) is 13.8. The minimum absolute atomic E-state index is 0.494. The Bertz CT molecular complexity index is 746. The quantitative estimate of drug-likeness (QED) is 0.188. The lowest BCUT2D eigenvalue weighted by Crippen LogP contribution is -2.36. The van der Waals surface area contributed by atoms with Crippen molar-refractivity contribution in [2.24, 2.45) is 0 Å². The van der Waals surface area contributed by atoms with Crippen LogP contribution in [0.4, 0.5) is 0 Å². The summed E-state index contributed by atoms with van der Waals surface area (Å²) in [6.45, 7) is 2.23. The molecule has 35 heavy (non-hydrogen) atoms. The number of hydrogen-bond donors (Lipinski definition) is 2. The molecule has 198 valence electrons. The fraction of sp³-hybridized carbons (Fsp3) is 0.714. The third kappa shape index (κ3) is 10.9. The molecular formula is C28H43ClO6. The fourth-order valence-corrected chi connectivity index (χ4v) is 5.02. The van der Waals surface area contributed by atoms with Crippen LogP contribution in [0.3, 0.4) is 0 Å². The van der Waals surface area contributed by atoms with Gasteiger partial charge in [-0.3, -0.25) is 0 Å². The van der Waals surface area contributed by atoms with Crippen LogP contribution in [0.15, 0.2) is 24.3 Å². The van der Waals surface area contributed by atoms with Crippen molar-refractivity contribution in [2.75, 3.05) is 0 Å². The van der Waals surface area contributed by atoms with E-state index in [9.17, 15) is 19.8 Å². The minimum atomic E-state index is -1.47. The van der Waals surface area contributed by atoms with Gasteiger partial charge in [0, 0.05) is 17.9 Å². The number of benzene rings is 1. The van der Waals surface area contributed by atoms with Gasteiger partial charge in [0.25, 0.3) is 0 Å². The van der Waals surface area contributed by atoms with E-state index in [1.54, 1.807) is 0 Å². The number of aryl methyl sites for hydroxylation is 1. The molecule has 0 amide bonds. The molecule has 2 N–H and O–H groups in total. The second-order valence-electron chi connectivity index (χ2n) is 9.79. The molecule has 2 rings (SSSR count). The Labute approximate surface area is 215 Å². The number of aliphatic carboxylic acids is 2. The van der Waals surface area contributed by atoms with Gasteiger partial charge in [0.05, 0.1) is 0 Å². The third-order valence-electron chi connectivity index (χ3n) is 6.77. The summed E-state index contributed by atoms with van der Waals surface area (Å²) in [7, 11) is 0. The van der Waals surface area contributed by atoms with E-state index in [4.69, 9.17) is 21.1 Å². The van der Waals surface area contributed by atoms with Crippen LogP contribution in [0, 0.1) is 0 Å². The van der Waals surface area contributed by atoms with Gasteiger partial charge in [-0.25, -0.2) is 9.59 Å². The molecule has 0 spiro atoms. The van der Waals surface area contributed by atoms with Crippen LogP contribution >= 0.6 is 11.6 Å². The molecule has 1 heterocycles. The molecule has 1 aromatic rings. The number of halogens is 1. The van der Waals surface area contributed by atoms with Crippen molar-refractivity contribution in [1.82, 2.24) is 0 Å². The highest BCUT2D eigenvalue weighted by atomic mass is 35.5. The highest BCUT2D eigenvalue weighted by Gasteiger charge is 2.53. The van der Waals surface area contributed by atoms with Gasteiger partial charge in [-0.2, -0.15) is 0 Å². The van der Waals surface area contributed by atoms with Crippen molar-refractivity contribution in [2.45, 2.75) is 128 Å². The van der Waals surface area contributed by atoms with Gasteiger partial charge in [-0.15, -0.1) is 0 Å². The zero-order valence-corrected chi connectivity index (χ0v) is 21.9. The Morgan fingerprint density at radius 1 is 0.800 bits per heavy atom. The topological polar surface area (TPSA) is 93.1 Å². The average molecular weight is 511 g/mol. The lowest BCUT2D eigenvalue weighted by molar-refractivity contribution is -0.195. The largest absolute Gasteiger partial charge is 0.479 e. The van der Waals surface area contributed by atoms with E-state index in [1.807, 2.05) is 18.2 Å². The normalized spacial score (nSPS) is 19.1. The highest BCUT2D eigenvalue weighted by molar-refractivity contribution is 6.30. The molecule has 0 aliphatic carbocycles. The summed E-state index contributed by atoms with van der Waals surface area (Å²) < 4.78 is 11.7. The maximum atomic E-state index is 11.6. The van der Waals surface area contributed by atoms with Crippen LogP contribution in [0.25, 0.3) is 0 Å². The summed E-state index contributed by atoms with van der Waals surface area (Å²) in [4.78, 5) is 23.3. The van der Waals surface area contributed by atoms with Gasteiger partial charge in [0.1, 0.15) is 0 Å². The Morgan fingerprint density at radius 2 is 1.29 bits per heavy atom. The molecule has 0 unspecified atom stereocenters. The molecule has 0 bridgehead atoms. The molecule has 1 aliphatic rings. The molecule has 2 atom stereocenters. The van der Waals surface area contributed by atoms with Crippen LogP contribution in [0.2, 0.25) is 5.02 Å². The van der Waals surface area contributed by atoms with E-state index < -0.39 is 29.9 Å². The van der Waals surface area contributed by atoms with E-state index in [2.05, 4.69) is 13.0 Å². The number of unbranched alkanes of at least 4 members (excludes halogenated alkanes) is 11. The van der Waals surface area contributed by atoms with Crippen molar-refractivity contribution in [1.29, 1.82) is 0 Å². The lowest BCUT2D eigenvalue weighted by atomic mass is 9.98. The standard InChI is InChI=1S/C28H43ClO6/c1-2-3-4-5-6-7-8-9-10-13-19-28(34-24(26(30)31)25(35-28)27(32)33)20-14-11-12-16-22-17-15-18-23(29)21-22/h15,17-18,21,24-25H,2-14,16,19-20H2,1H3,(H,30,31)(H,32,33)/t24-,25-/m1/s1. The number of carboxylic acid groups (broad SMARTS) is 2. The summed E-state index contributed by atoms with van der Waals surface area (Å²) in [6, 6.07) is 7.81. The first-order valence-electron chi connectivity index (χ1n) is 13.4. The summed E-state index contributed by atoms with van der Waals surface area (Å²) in [5.74, 6) is -3.71. The van der Waals surface area contributed by atoms with Gasteiger partial charge >= 0.3 is 11.9 Å². The summed E-state index contributed by atoms with van der Waals surface area (Å²) >= 11 is 6.05. The van der Waals surface area contributed by atoms with Gasteiger partial charge in [0.15, 0.2) is 18.0 Å². The molecule has 1 aromatic carbocycles. The van der Waals surface area contributed by atoms with Crippen molar-refractivity contribution in [3.63, 3.8) is 0 Å². The Balaban J connectivity index is 1.80. The molecule has 0 radical (unpaired) electrons. The number of hydrogen-bond acceptors (Lipinski definition) is 4. The fourth-order valence-electron chi connectivity index (χ4n) is 4.81. The number of carbonyl (C=O) groups is 2. The molecular weight excluding hydrogens is 468 g/mol. The summed E-state index contributed by atoms with van der Waals surface area (Å²) in [5.41, 5.74) is 1.18. The van der Waals surface area contributed by atoms with Crippen molar-refractivity contribution in [3.05, 3.63) is 34.9 Å². The zero-order valence-electron chi connectivity index (χ0n) is 21.2. The second kappa shape index (κ2) is 16.2. The van der Waals surface area contributed by atoms with Gasteiger partial charge in [-0.05, 0) is 43.4 Å². The van der Waals surface area contributed by atoms with E-state index in [0.717, 1.165) is 50.0 Å². The van der Waals surface area contributed by atoms with E-state index in [1.165, 1.54) is 50.5 Å². The monoisotopic (exact) mass is 510 g/mol. The summed E-state index contributed by atoms with van der Waals surface area (Å²) in [5, 5.41) is 19.7. The van der Waals surface area contributed by atoms with Crippen molar-refractivity contribution in [3.8, 4) is 0 Å². The average Bonchev–Trinajstić information content (AvgIpc) is 3.21. The molecule has 0 aromatic heterocycles. The molecule has 0 saturated carbocycles. The number of rotatable bonds is 19. The maximum absolute atomic E-state index is 11.6. The van der Waals surface area contributed by atoms with Gasteiger partial charge in [0.2, 0.25) is 0 Å². The van der Waals surface area contributed by atoms with Crippen LogP contribution < -0.4 is 0 Å². The number of ether oxygens (including phenoxy) is 2. The van der Waals surface area contributed by atoms with Gasteiger partial charge in [-0.1, -0.05) is 94.9 Å². The molecule has 1 aliphatic heterocycles. The van der Waals surface area contributed by atoms with Crippen molar-refractivity contribution < 1.29 is 29.3 Å². The lowest BCUT2D eigenvalue weighted by Gasteiger charge is -2.28. The van der Waals surface area contributed by atoms with Crippen LogP contribution in [-0.4, -0.2) is 40.1 Å². The van der Waals surface area contributed by atoms with Crippen LogP contribution in [0.5, 0.6) is 0 Å². The van der Waals surface area contributed by atoms with Gasteiger partial charge < -0.3 is 19.7 Å². The predicted molar refractivity (Wildman–Crippen MR) is 138 cm³/mol.